The number of carbonyl (C=O) groups excluding carboxylic acids is 1. The number of aromatic amines is 1. The zero-order chi connectivity index (χ0) is 16.6. The summed E-state index contributed by atoms with van der Waals surface area (Å²) in [5, 5.41) is 2.95. The summed E-state index contributed by atoms with van der Waals surface area (Å²) in [6.07, 6.45) is 5.75. The van der Waals surface area contributed by atoms with E-state index in [-0.39, 0.29) is 5.91 Å². The van der Waals surface area contributed by atoms with Gasteiger partial charge in [0.15, 0.2) is 0 Å². The molecule has 0 aliphatic carbocycles. The Hall–Kier alpha value is -2.56. The van der Waals surface area contributed by atoms with Crippen LogP contribution >= 0.6 is 0 Å². The van der Waals surface area contributed by atoms with Crippen molar-refractivity contribution >= 4 is 22.5 Å². The molecule has 0 aromatic carbocycles. The average Bonchev–Trinajstić information content (AvgIpc) is 2.77. The van der Waals surface area contributed by atoms with Gasteiger partial charge in [-0.15, -0.1) is 0 Å². The van der Waals surface area contributed by atoms with Gasteiger partial charge >= 0.3 is 0 Å². The number of nitrogens with one attached hydrogen (secondary N) is 2. The number of aromatic nitrogens is 2. The van der Waals surface area contributed by atoms with Crippen molar-refractivity contribution in [3.8, 4) is 5.75 Å². The maximum absolute atomic E-state index is 12.5. The predicted molar refractivity (Wildman–Crippen MR) is 91.3 cm³/mol. The molecule has 2 N–H and O–H groups in total. The van der Waals surface area contributed by atoms with Crippen LogP contribution in [0.2, 0.25) is 0 Å². The van der Waals surface area contributed by atoms with Crippen LogP contribution in [0.1, 0.15) is 25.1 Å². The van der Waals surface area contributed by atoms with Crippen molar-refractivity contribution in [2.24, 2.45) is 5.92 Å². The van der Waals surface area contributed by atoms with E-state index in [0.717, 1.165) is 16.6 Å². The summed E-state index contributed by atoms with van der Waals surface area (Å²) in [4.78, 5) is 20.3. The lowest BCUT2D eigenvalue weighted by Gasteiger charge is -2.12. The van der Waals surface area contributed by atoms with Gasteiger partial charge in [0, 0.05) is 18.8 Å². The highest BCUT2D eigenvalue weighted by Gasteiger charge is 2.21. The first-order chi connectivity index (χ1) is 11.0. The van der Waals surface area contributed by atoms with Gasteiger partial charge in [-0.2, -0.15) is 0 Å². The van der Waals surface area contributed by atoms with E-state index in [1.807, 2.05) is 31.3 Å². The SMILES string of the molecule is COc1cc2[nH]cc(C)c2nc1C1=CC=C(C(C)C)CNC1=O. The number of pyridine rings is 1. The molecule has 0 unspecified atom stereocenters. The number of aryl methyl sites for hydroxylation is 1. The molecule has 1 aliphatic rings. The minimum atomic E-state index is -0.129. The van der Waals surface area contributed by atoms with Crippen molar-refractivity contribution in [3.05, 3.63) is 41.2 Å². The van der Waals surface area contributed by atoms with Crippen LogP contribution in [-0.4, -0.2) is 29.5 Å². The van der Waals surface area contributed by atoms with Gasteiger partial charge in [0.2, 0.25) is 0 Å². The van der Waals surface area contributed by atoms with E-state index in [0.29, 0.717) is 29.5 Å². The summed E-state index contributed by atoms with van der Waals surface area (Å²) >= 11 is 0. The Morgan fingerprint density at radius 1 is 1.30 bits per heavy atom. The maximum atomic E-state index is 12.5. The molecule has 0 spiro atoms. The Morgan fingerprint density at radius 3 is 2.78 bits per heavy atom. The Morgan fingerprint density at radius 2 is 2.09 bits per heavy atom. The van der Waals surface area contributed by atoms with Crippen molar-refractivity contribution < 1.29 is 9.53 Å². The summed E-state index contributed by atoms with van der Waals surface area (Å²) in [6.45, 7) is 6.78. The highest BCUT2D eigenvalue weighted by Crippen LogP contribution is 2.30. The molecule has 2 aromatic rings. The lowest BCUT2D eigenvalue weighted by atomic mass is 10.0. The van der Waals surface area contributed by atoms with Crippen LogP contribution in [0.25, 0.3) is 16.6 Å². The second-order valence-corrected chi connectivity index (χ2v) is 6.07. The Labute approximate surface area is 135 Å². The molecular formula is C18H21N3O2. The van der Waals surface area contributed by atoms with Gasteiger partial charge in [0.25, 0.3) is 5.91 Å². The summed E-state index contributed by atoms with van der Waals surface area (Å²) in [6, 6.07) is 1.89. The molecule has 1 amide bonds. The van der Waals surface area contributed by atoms with E-state index >= 15 is 0 Å². The second-order valence-electron chi connectivity index (χ2n) is 6.07. The molecule has 3 heterocycles. The molecule has 5 heteroatoms. The van der Waals surface area contributed by atoms with Gasteiger partial charge in [0.05, 0.1) is 23.7 Å². The van der Waals surface area contributed by atoms with Gasteiger partial charge in [-0.05, 0) is 30.1 Å². The molecule has 0 saturated heterocycles. The molecular weight excluding hydrogens is 290 g/mol. The molecule has 0 fully saturated rings. The van der Waals surface area contributed by atoms with Gasteiger partial charge in [0.1, 0.15) is 11.4 Å². The topological polar surface area (TPSA) is 67.0 Å². The summed E-state index contributed by atoms with van der Waals surface area (Å²) in [5.41, 5.74) is 5.08. The van der Waals surface area contributed by atoms with Gasteiger partial charge in [-0.25, -0.2) is 4.98 Å². The largest absolute Gasteiger partial charge is 0.494 e. The van der Waals surface area contributed by atoms with Crippen LogP contribution in [0.4, 0.5) is 0 Å². The number of hydrogen-bond donors (Lipinski definition) is 2. The zero-order valence-corrected chi connectivity index (χ0v) is 13.9. The molecule has 23 heavy (non-hydrogen) atoms. The monoisotopic (exact) mass is 311 g/mol. The number of amides is 1. The van der Waals surface area contributed by atoms with Crippen LogP contribution in [0, 0.1) is 12.8 Å². The molecule has 120 valence electrons. The molecule has 0 radical (unpaired) electrons. The average molecular weight is 311 g/mol. The van der Waals surface area contributed by atoms with Crippen molar-refractivity contribution in [2.45, 2.75) is 20.8 Å². The fourth-order valence-corrected chi connectivity index (χ4v) is 2.69. The van der Waals surface area contributed by atoms with E-state index in [1.54, 1.807) is 7.11 Å². The smallest absolute Gasteiger partial charge is 0.253 e. The summed E-state index contributed by atoms with van der Waals surface area (Å²) in [5.74, 6) is 0.840. The lowest BCUT2D eigenvalue weighted by molar-refractivity contribution is -0.115. The number of fused-ring (bicyclic) bond motifs is 1. The van der Waals surface area contributed by atoms with Gasteiger partial charge in [-0.1, -0.05) is 19.9 Å². The standard InChI is InChI=1S/C18H21N3O2/c1-10(2)12-5-6-13(18(22)20-9-12)17-15(23-4)7-14-16(21-17)11(3)8-19-14/h5-8,10,19H,9H2,1-4H3,(H,20,22). The van der Waals surface area contributed by atoms with Crippen LogP contribution in [0.5, 0.6) is 5.75 Å². The highest BCUT2D eigenvalue weighted by atomic mass is 16.5. The minimum Gasteiger partial charge on any atom is -0.494 e. The Balaban J connectivity index is 2.16. The quantitative estimate of drug-likeness (QED) is 0.916. The summed E-state index contributed by atoms with van der Waals surface area (Å²) in [7, 11) is 1.59. The highest BCUT2D eigenvalue weighted by molar-refractivity contribution is 6.20. The van der Waals surface area contributed by atoms with Crippen LogP contribution in [0.3, 0.4) is 0 Å². The molecule has 0 bridgehead atoms. The molecule has 0 saturated carbocycles. The maximum Gasteiger partial charge on any atom is 0.253 e. The van der Waals surface area contributed by atoms with Crippen molar-refractivity contribution in [1.29, 1.82) is 0 Å². The number of H-pyrrole nitrogens is 1. The molecule has 2 aromatic heterocycles. The Bertz CT molecular complexity index is 828. The van der Waals surface area contributed by atoms with E-state index in [1.165, 1.54) is 5.57 Å². The number of carbonyl (C=O) groups is 1. The number of allylic oxidation sites excluding steroid dienone is 2. The third-order valence-corrected chi connectivity index (χ3v) is 4.18. The number of rotatable bonds is 3. The van der Waals surface area contributed by atoms with Crippen LogP contribution in [-0.2, 0) is 4.79 Å². The third-order valence-electron chi connectivity index (χ3n) is 4.18. The van der Waals surface area contributed by atoms with E-state index < -0.39 is 0 Å². The second kappa shape index (κ2) is 5.91. The Kier molecular flexibility index (Phi) is 3.94. The van der Waals surface area contributed by atoms with Crippen molar-refractivity contribution in [1.82, 2.24) is 15.3 Å². The van der Waals surface area contributed by atoms with Crippen molar-refractivity contribution in [2.75, 3.05) is 13.7 Å². The lowest BCUT2D eigenvalue weighted by Crippen LogP contribution is -2.26. The van der Waals surface area contributed by atoms with Gasteiger partial charge < -0.3 is 15.0 Å². The van der Waals surface area contributed by atoms with E-state index in [2.05, 4.69) is 29.1 Å². The first kappa shape index (κ1) is 15.3. The molecule has 0 atom stereocenters. The van der Waals surface area contributed by atoms with E-state index in [4.69, 9.17) is 4.74 Å². The molecule has 1 aliphatic heterocycles. The van der Waals surface area contributed by atoms with Gasteiger partial charge in [-0.3, -0.25) is 4.79 Å². The fraction of sp³-hybridized carbons (Fsp3) is 0.333. The minimum absolute atomic E-state index is 0.129. The van der Waals surface area contributed by atoms with Crippen LogP contribution < -0.4 is 10.1 Å². The summed E-state index contributed by atoms with van der Waals surface area (Å²) < 4.78 is 5.46. The van der Waals surface area contributed by atoms with Crippen LogP contribution in [0.15, 0.2) is 30.0 Å². The zero-order valence-electron chi connectivity index (χ0n) is 13.9. The third kappa shape index (κ3) is 2.74. The number of nitrogens with zero attached hydrogens (tertiary/aromatic N) is 1. The first-order valence-corrected chi connectivity index (χ1v) is 7.73. The van der Waals surface area contributed by atoms with E-state index in [9.17, 15) is 4.79 Å². The molecule has 3 rings (SSSR count). The number of hydrogen-bond acceptors (Lipinski definition) is 3. The number of ether oxygens (including phenoxy) is 1. The normalized spacial score (nSPS) is 15.3. The predicted octanol–water partition coefficient (Wildman–Crippen LogP) is 2.98. The fourth-order valence-electron chi connectivity index (χ4n) is 2.69. The van der Waals surface area contributed by atoms with Crippen molar-refractivity contribution in [3.63, 3.8) is 0 Å². The number of methoxy groups -OCH3 is 1. The first-order valence-electron chi connectivity index (χ1n) is 7.73. The molecule has 5 nitrogen and oxygen atoms in total.